The van der Waals surface area contributed by atoms with E-state index in [2.05, 4.69) is 22.3 Å². The van der Waals surface area contributed by atoms with Crippen LogP contribution in [0.3, 0.4) is 0 Å². The Bertz CT molecular complexity index is 549. The van der Waals surface area contributed by atoms with Crippen LogP contribution in [-0.2, 0) is 16.0 Å². The normalized spacial score (nSPS) is 27.4. The summed E-state index contributed by atoms with van der Waals surface area (Å²) in [4.78, 5) is 14.5. The third-order valence-corrected chi connectivity index (χ3v) is 4.78. The Morgan fingerprint density at radius 2 is 2.04 bits per heavy atom. The van der Waals surface area contributed by atoms with E-state index < -0.39 is 0 Å². The molecule has 0 bridgehead atoms. The molecule has 1 saturated carbocycles. The molecular weight excluding hydrogens is 292 g/mol. The minimum atomic E-state index is -0.262. The standard InChI is InChI=1S/C18H26N2O3/c1-18(12-15(21)13-18)19-17(22)7-6-14-4-2-3-5-16(14)20-8-10-23-11-9-20/h2-5,15,21H,6-13H2,1H3,(H,19,22). The van der Waals surface area contributed by atoms with Gasteiger partial charge in [0.2, 0.25) is 5.91 Å². The maximum Gasteiger partial charge on any atom is 0.220 e. The highest BCUT2D eigenvalue weighted by Crippen LogP contribution is 2.31. The second-order valence-electron chi connectivity index (χ2n) is 6.90. The first kappa shape index (κ1) is 16.3. The molecule has 5 heteroatoms. The van der Waals surface area contributed by atoms with Crippen LogP contribution in [0.5, 0.6) is 0 Å². The van der Waals surface area contributed by atoms with Gasteiger partial charge in [-0.2, -0.15) is 0 Å². The van der Waals surface area contributed by atoms with E-state index >= 15 is 0 Å². The summed E-state index contributed by atoms with van der Waals surface area (Å²) in [5.41, 5.74) is 2.21. The van der Waals surface area contributed by atoms with Crippen molar-refractivity contribution in [3.8, 4) is 0 Å². The number of anilines is 1. The highest BCUT2D eigenvalue weighted by molar-refractivity contribution is 5.77. The van der Waals surface area contributed by atoms with E-state index in [0.29, 0.717) is 19.3 Å². The molecule has 0 spiro atoms. The number of hydrogen-bond acceptors (Lipinski definition) is 4. The molecule has 0 atom stereocenters. The number of nitrogens with one attached hydrogen (secondary N) is 1. The van der Waals surface area contributed by atoms with Crippen molar-refractivity contribution in [2.24, 2.45) is 0 Å². The molecule has 3 rings (SSSR count). The van der Waals surface area contributed by atoms with E-state index in [1.54, 1.807) is 0 Å². The smallest absolute Gasteiger partial charge is 0.220 e. The fourth-order valence-corrected chi connectivity index (χ4v) is 3.56. The number of morpholine rings is 1. The van der Waals surface area contributed by atoms with Gasteiger partial charge in [-0.3, -0.25) is 4.79 Å². The molecule has 1 amide bonds. The van der Waals surface area contributed by atoms with Crippen LogP contribution in [0.1, 0.15) is 31.7 Å². The summed E-state index contributed by atoms with van der Waals surface area (Å²) in [6.07, 6.45) is 2.26. The number of carbonyl (C=O) groups is 1. The lowest BCUT2D eigenvalue weighted by atomic mass is 9.76. The van der Waals surface area contributed by atoms with Crippen molar-refractivity contribution < 1.29 is 14.6 Å². The number of rotatable bonds is 5. The summed E-state index contributed by atoms with van der Waals surface area (Å²) in [6, 6.07) is 8.31. The van der Waals surface area contributed by atoms with Gasteiger partial charge in [0.25, 0.3) is 0 Å². The Balaban J connectivity index is 1.56. The van der Waals surface area contributed by atoms with Crippen LogP contribution in [-0.4, -0.2) is 49.0 Å². The average Bonchev–Trinajstić information content (AvgIpc) is 2.52. The zero-order valence-corrected chi connectivity index (χ0v) is 13.8. The monoisotopic (exact) mass is 318 g/mol. The molecule has 2 fully saturated rings. The van der Waals surface area contributed by atoms with Gasteiger partial charge in [0, 0.05) is 30.7 Å². The van der Waals surface area contributed by atoms with Crippen LogP contribution < -0.4 is 10.2 Å². The molecule has 0 unspecified atom stereocenters. The van der Waals surface area contributed by atoms with E-state index in [1.807, 2.05) is 19.1 Å². The second-order valence-corrected chi connectivity index (χ2v) is 6.90. The fraction of sp³-hybridized carbons (Fsp3) is 0.611. The Hall–Kier alpha value is -1.59. The number of aryl methyl sites for hydroxylation is 1. The predicted molar refractivity (Wildman–Crippen MR) is 89.6 cm³/mol. The van der Waals surface area contributed by atoms with E-state index in [0.717, 1.165) is 32.7 Å². The van der Waals surface area contributed by atoms with Gasteiger partial charge in [0.15, 0.2) is 0 Å². The average molecular weight is 318 g/mol. The molecule has 1 aliphatic carbocycles. The maximum absolute atomic E-state index is 12.2. The lowest BCUT2D eigenvalue weighted by molar-refractivity contribution is -0.125. The van der Waals surface area contributed by atoms with E-state index in [4.69, 9.17) is 4.74 Å². The Labute approximate surface area is 137 Å². The third kappa shape index (κ3) is 4.03. The van der Waals surface area contributed by atoms with Crippen LogP contribution in [0.25, 0.3) is 0 Å². The van der Waals surface area contributed by atoms with Crippen molar-refractivity contribution in [1.29, 1.82) is 0 Å². The van der Waals surface area contributed by atoms with Crippen molar-refractivity contribution in [2.45, 2.75) is 44.2 Å². The highest BCUT2D eigenvalue weighted by Gasteiger charge is 2.40. The van der Waals surface area contributed by atoms with Gasteiger partial charge in [-0.25, -0.2) is 0 Å². The fourth-order valence-electron chi connectivity index (χ4n) is 3.56. The summed E-state index contributed by atoms with van der Waals surface area (Å²) >= 11 is 0. The molecule has 126 valence electrons. The molecule has 23 heavy (non-hydrogen) atoms. The zero-order valence-electron chi connectivity index (χ0n) is 13.8. The van der Waals surface area contributed by atoms with Crippen molar-refractivity contribution in [2.75, 3.05) is 31.2 Å². The number of aliphatic hydroxyl groups excluding tert-OH is 1. The van der Waals surface area contributed by atoms with Crippen molar-refractivity contribution in [3.05, 3.63) is 29.8 Å². The van der Waals surface area contributed by atoms with Gasteiger partial charge in [0.05, 0.1) is 19.3 Å². The summed E-state index contributed by atoms with van der Waals surface area (Å²) in [6.45, 7) is 5.32. The van der Waals surface area contributed by atoms with E-state index in [-0.39, 0.29) is 17.6 Å². The van der Waals surface area contributed by atoms with Crippen LogP contribution >= 0.6 is 0 Å². The van der Waals surface area contributed by atoms with Gasteiger partial charge in [-0.05, 0) is 37.8 Å². The zero-order chi connectivity index (χ0) is 16.3. The number of para-hydroxylation sites is 1. The van der Waals surface area contributed by atoms with Gasteiger partial charge < -0.3 is 20.1 Å². The number of aliphatic hydroxyl groups is 1. The Morgan fingerprint density at radius 1 is 1.35 bits per heavy atom. The van der Waals surface area contributed by atoms with Crippen LogP contribution in [0.2, 0.25) is 0 Å². The molecule has 1 aliphatic heterocycles. The Kier molecular flexibility index (Phi) is 4.87. The molecule has 2 N–H and O–H groups in total. The molecule has 0 aromatic heterocycles. The number of amides is 1. The molecule has 1 saturated heterocycles. The summed E-state index contributed by atoms with van der Waals surface area (Å²) in [5.74, 6) is 0.0659. The molecule has 1 aromatic rings. The predicted octanol–water partition coefficient (Wildman–Crippen LogP) is 1.49. The van der Waals surface area contributed by atoms with Gasteiger partial charge >= 0.3 is 0 Å². The van der Waals surface area contributed by atoms with Crippen LogP contribution in [0.4, 0.5) is 5.69 Å². The molecular formula is C18H26N2O3. The first-order valence-corrected chi connectivity index (χ1v) is 8.45. The van der Waals surface area contributed by atoms with E-state index in [1.165, 1.54) is 11.3 Å². The minimum absolute atomic E-state index is 0.0659. The molecule has 2 aliphatic rings. The SMILES string of the molecule is CC1(NC(=O)CCc2ccccc2N2CCOCC2)CC(O)C1. The summed E-state index contributed by atoms with van der Waals surface area (Å²) < 4.78 is 5.42. The number of ether oxygens (including phenoxy) is 1. The number of benzene rings is 1. The van der Waals surface area contributed by atoms with Gasteiger partial charge in [-0.15, -0.1) is 0 Å². The van der Waals surface area contributed by atoms with E-state index in [9.17, 15) is 9.90 Å². The number of hydrogen-bond donors (Lipinski definition) is 2. The first-order valence-electron chi connectivity index (χ1n) is 8.45. The molecule has 1 heterocycles. The molecule has 1 aromatic carbocycles. The first-order chi connectivity index (χ1) is 11.1. The van der Waals surface area contributed by atoms with Gasteiger partial charge in [-0.1, -0.05) is 18.2 Å². The maximum atomic E-state index is 12.2. The second kappa shape index (κ2) is 6.89. The lowest BCUT2D eigenvalue weighted by Gasteiger charge is -2.43. The van der Waals surface area contributed by atoms with Gasteiger partial charge in [0.1, 0.15) is 0 Å². The lowest BCUT2D eigenvalue weighted by Crippen LogP contribution is -2.57. The van der Waals surface area contributed by atoms with Crippen molar-refractivity contribution in [3.63, 3.8) is 0 Å². The highest BCUT2D eigenvalue weighted by atomic mass is 16.5. The Morgan fingerprint density at radius 3 is 2.74 bits per heavy atom. The number of carbonyl (C=O) groups excluding carboxylic acids is 1. The molecule has 0 radical (unpaired) electrons. The minimum Gasteiger partial charge on any atom is -0.393 e. The number of nitrogens with zero attached hydrogens (tertiary/aromatic N) is 1. The van der Waals surface area contributed by atoms with Crippen LogP contribution in [0, 0.1) is 0 Å². The van der Waals surface area contributed by atoms with Crippen molar-refractivity contribution >= 4 is 11.6 Å². The third-order valence-electron chi connectivity index (χ3n) is 4.78. The summed E-state index contributed by atoms with van der Waals surface area (Å²) in [5, 5.41) is 12.5. The van der Waals surface area contributed by atoms with Crippen molar-refractivity contribution in [1.82, 2.24) is 5.32 Å². The molecule has 5 nitrogen and oxygen atoms in total. The van der Waals surface area contributed by atoms with Crippen LogP contribution in [0.15, 0.2) is 24.3 Å². The quantitative estimate of drug-likeness (QED) is 0.863. The topological polar surface area (TPSA) is 61.8 Å². The summed E-state index contributed by atoms with van der Waals surface area (Å²) in [7, 11) is 0. The largest absolute Gasteiger partial charge is 0.393 e.